The van der Waals surface area contributed by atoms with Gasteiger partial charge in [-0.2, -0.15) is 0 Å². The van der Waals surface area contributed by atoms with Crippen LogP contribution in [0, 0.1) is 6.92 Å². The molecule has 5 heteroatoms. The number of hydrogen-bond donors (Lipinski definition) is 2. The van der Waals surface area contributed by atoms with Gasteiger partial charge in [0.05, 0.1) is 4.90 Å². The van der Waals surface area contributed by atoms with Crippen molar-refractivity contribution in [2.24, 2.45) is 5.14 Å². The van der Waals surface area contributed by atoms with Crippen LogP contribution in [0.15, 0.2) is 23.1 Å². The summed E-state index contributed by atoms with van der Waals surface area (Å²) in [5.74, 6) is 0. The Balaban J connectivity index is 3.20. The Hall–Kier alpha value is -0.910. The first-order valence-electron chi connectivity index (χ1n) is 4.18. The number of benzene rings is 1. The average molecular weight is 215 g/mol. The Morgan fingerprint density at radius 3 is 2.57 bits per heavy atom. The Bertz CT molecular complexity index is 426. The molecule has 1 aromatic carbocycles. The summed E-state index contributed by atoms with van der Waals surface area (Å²) in [6.07, 6.45) is 0.440. The predicted octanol–water partition coefficient (Wildman–Crippen LogP) is 0.177. The van der Waals surface area contributed by atoms with Gasteiger partial charge in [0.15, 0.2) is 0 Å². The Morgan fingerprint density at radius 2 is 2.07 bits per heavy atom. The standard InChI is InChI=1S/C9H13NO3S/c1-7-2-3-9(14(10,12)13)6-8(7)4-5-11/h2-3,6,11H,4-5H2,1H3,(H2,10,12,13). The minimum atomic E-state index is -3.64. The largest absolute Gasteiger partial charge is 0.396 e. The Labute approximate surface area is 83.4 Å². The molecule has 3 N–H and O–H groups in total. The van der Waals surface area contributed by atoms with Gasteiger partial charge in [0, 0.05) is 6.61 Å². The van der Waals surface area contributed by atoms with Gasteiger partial charge in [-0.3, -0.25) is 0 Å². The fraction of sp³-hybridized carbons (Fsp3) is 0.333. The maximum absolute atomic E-state index is 11.0. The van der Waals surface area contributed by atoms with E-state index in [0.29, 0.717) is 6.42 Å². The molecule has 0 aliphatic rings. The van der Waals surface area contributed by atoms with E-state index < -0.39 is 10.0 Å². The molecule has 0 aliphatic heterocycles. The number of nitrogens with two attached hydrogens (primary N) is 1. The van der Waals surface area contributed by atoms with E-state index in [1.54, 1.807) is 6.07 Å². The molecular formula is C9H13NO3S. The van der Waals surface area contributed by atoms with Gasteiger partial charge >= 0.3 is 0 Å². The number of aliphatic hydroxyl groups excluding tert-OH is 1. The third kappa shape index (κ3) is 2.54. The van der Waals surface area contributed by atoms with E-state index in [4.69, 9.17) is 10.2 Å². The molecule has 1 rings (SSSR count). The van der Waals surface area contributed by atoms with Crippen molar-refractivity contribution in [3.8, 4) is 0 Å². The highest BCUT2D eigenvalue weighted by Crippen LogP contribution is 2.14. The fourth-order valence-corrected chi connectivity index (χ4v) is 1.78. The molecule has 1 aromatic rings. The fourth-order valence-electron chi connectivity index (χ4n) is 1.21. The second-order valence-corrected chi connectivity index (χ2v) is 4.67. The quantitative estimate of drug-likeness (QED) is 0.754. The zero-order valence-electron chi connectivity index (χ0n) is 7.90. The molecule has 0 heterocycles. The summed E-state index contributed by atoms with van der Waals surface area (Å²) >= 11 is 0. The lowest BCUT2D eigenvalue weighted by Gasteiger charge is -2.05. The van der Waals surface area contributed by atoms with Crippen LogP contribution in [-0.4, -0.2) is 20.1 Å². The van der Waals surface area contributed by atoms with E-state index in [2.05, 4.69) is 0 Å². The Morgan fingerprint density at radius 1 is 1.43 bits per heavy atom. The third-order valence-corrected chi connectivity index (χ3v) is 2.94. The van der Waals surface area contributed by atoms with Crippen LogP contribution in [0.1, 0.15) is 11.1 Å². The molecule has 0 fully saturated rings. The van der Waals surface area contributed by atoms with Crippen molar-refractivity contribution in [1.82, 2.24) is 0 Å². The van der Waals surface area contributed by atoms with E-state index in [-0.39, 0.29) is 11.5 Å². The van der Waals surface area contributed by atoms with Crippen molar-refractivity contribution in [3.63, 3.8) is 0 Å². The maximum Gasteiger partial charge on any atom is 0.238 e. The van der Waals surface area contributed by atoms with Crippen LogP contribution in [0.25, 0.3) is 0 Å². The van der Waals surface area contributed by atoms with Crippen molar-refractivity contribution in [1.29, 1.82) is 0 Å². The molecule has 0 unspecified atom stereocenters. The lowest BCUT2D eigenvalue weighted by Crippen LogP contribution is -2.12. The van der Waals surface area contributed by atoms with Gasteiger partial charge in [0.2, 0.25) is 10.0 Å². The lowest BCUT2D eigenvalue weighted by atomic mass is 10.1. The summed E-state index contributed by atoms with van der Waals surface area (Å²) in [5.41, 5.74) is 1.76. The molecule has 0 spiro atoms. The molecule has 0 aliphatic carbocycles. The number of hydrogen-bond acceptors (Lipinski definition) is 3. The van der Waals surface area contributed by atoms with Crippen molar-refractivity contribution in [3.05, 3.63) is 29.3 Å². The number of aryl methyl sites for hydroxylation is 1. The van der Waals surface area contributed by atoms with Gasteiger partial charge in [-0.15, -0.1) is 0 Å². The highest BCUT2D eigenvalue weighted by molar-refractivity contribution is 7.89. The number of rotatable bonds is 3. The van der Waals surface area contributed by atoms with Crippen molar-refractivity contribution in [2.45, 2.75) is 18.2 Å². The molecule has 14 heavy (non-hydrogen) atoms. The van der Waals surface area contributed by atoms with E-state index in [1.807, 2.05) is 6.92 Å². The van der Waals surface area contributed by atoms with E-state index in [1.165, 1.54) is 12.1 Å². The summed E-state index contributed by atoms with van der Waals surface area (Å²) in [7, 11) is -3.64. The molecule has 0 amide bonds. The molecule has 0 aromatic heterocycles. The highest BCUT2D eigenvalue weighted by Gasteiger charge is 2.09. The summed E-state index contributed by atoms with van der Waals surface area (Å²) in [5, 5.41) is 13.7. The minimum absolute atomic E-state index is 0.00505. The second-order valence-electron chi connectivity index (χ2n) is 3.11. The Kier molecular flexibility index (Phi) is 3.25. The molecular weight excluding hydrogens is 202 g/mol. The van der Waals surface area contributed by atoms with Crippen molar-refractivity contribution in [2.75, 3.05) is 6.61 Å². The molecule has 0 radical (unpaired) electrons. The zero-order chi connectivity index (χ0) is 10.8. The molecule has 4 nitrogen and oxygen atoms in total. The first-order valence-corrected chi connectivity index (χ1v) is 5.73. The van der Waals surface area contributed by atoms with Gasteiger partial charge in [0.1, 0.15) is 0 Å². The van der Waals surface area contributed by atoms with Crippen LogP contribution in [-0.2, 0) is 16.4 Å². The number of aliphatic hydroxyl groups is 1. The monoisotopic (exact) mass is 215 g/mol. The lowest BCUT2D eigenvalue weighted by molar-refractivity contribution is 0.299. The number of sulfonamides is 1. The molecule has 0 saturated heterocycles. The molecule has 0 atom stereocenters. The average Bonchev–Trinajstić information content (AvgIpc) is 2.07. The van der Waals surface area contributed by atoms with Gasteiger partial charge in [0.25, 0.3) is 0 Å². The summed E-state index contributed by atoms with van der Waals surface area (Å²) < 4.78 is 22.0. The predicted molar refractivity (Wildman–Crippen MR) is 53.3 cm³/mol. The molecule has 0 saturated carbocycles. The van der Waals surface area contributed by atoms with Gasteiger partial charge < -0.3 is 5.11 Å². The molecule has 78 valence electrons. The van der Waals surface area contributed by atoms with Crippen LogP contribution < -0.4 is 5.14 Å². The zero-order valence-corrected chi connectivity index (χ0v) is 8.71. The topological polar surface area (TPSA) is 80.4 Å². The van der Waals surface area contributed by atoms with Crippen molar-refractivity contribution >= 4 is 10.0 Å². The number of primary sulfonamides is 1. The smallest absolute Gasteiger partial charge is 0.238 e. The summed E-state index contributed by atoms with van der Waals surface area (Å²) in [6, 6.07) is 4.65. The van der Waals surface area contributed by atoms with Crippen molar-refractivity contribution < 1.29 is 13.5 Å². The van der Waals surface area contributed by atoms with Crippen LogP contribution >= 0.6 is 0 Å². The van der Waals surface area contributed by atoms with Gasteiger partial charge in [-0.1, -0.05) is 6.07 Å². The second kappa shape index (κ2) is 4.08. The van der Waals surface area contributed by atoms with Crippen LogP contribution in [0.3, 0.4) is 0 Å². The highest BCUT2D eigenvalue weighted by atomic mass is 32.2. The summed E-state index contributed by atoms with van der Waals surface area (Å²) in [6.45, 7) is 1.85. The summed E-state index contributed by atoms with van der Waals surface area (Å²) in [4.78, 5) is 0.0894. The van der Waals surface area contributed by atoms with Crippen LogP contribution in [0.4, 0.5) is 0 Å². The van der Waals surface area contributed by atoms with E-state index >= 15 is 0 Å². The van der Waals surface area contributed by atoms with Gasteiger partial charge in [-0.25, -0.2) is 13.6 Å². The minimum Gasteiger partial charge on any atom is -0.396 e. The third-order valence-electron chi connectivity index (χ3n) is 2.03. The van der Waals surface area contributed by atoms with E-state index in [9.17, 15) is 8.42 Å². The molecule has 0 bridgehead atoms. The maximum atomic E-state index is 11.0. The van der Waals surface area contributed by atoms with Gasteiger partial charge in [-0.05, 0) is 36.6 Å². The first-order chi connectivity index (χ1) is 6.45. The van der Waals surface area contributed by atoms with Crippen LogP contribution in [0.2, 0.25) is 0 Å². The normalized spacial score (nSPS) is 11.6. The van der Waals surface area contributed by atoms with Crippen LogP contribution in [0.5, 0.6) is 0 Å². The van der Waals surface area contributed by atoms with E-state index in [0.717, 1.165) is 11.1 Å². The SMILES string of the molecule is Cc1ccc(S(N)(=O)=O)cc1CCO. The first kappa shape index (κ1) is 11.2.